The maximum Gasteiger partial charge on any atom is 0.240 e. The lowest BCUT2D eigenvalue weighted by atomic mass is 9.79. The van der Waals surface area contributed by atoms with Crippen LogP contribution in [0.3, 0.4) is 0 Å². The van der Waals surface area contributed by atoms with Crippen LogP contribution in [0.15, 0.2) is 28.7 Å². The molecule has 0 saturated heterocycles. The van der Waals surface area contributed by atoms with Gasteiger partial charge in [-0.2, -0.15) is 5.26 Å². The zero-order chi connectivity index (χ0) is 15.9. The average molecular weight is 351 g/mol. The van der Waals surface area contributed by atoms with Crippen molar-refractivity contribution in [2.24, 2.45) is 5.41 Å². The van der Waals surface area contributed by atoms with Crippen LogP contribution < -0.4 is 5.32 Å². The van der Waals surface area contributed by atoms with Gasteiger partial charge in [-0.3, -0.25) is 4.79 Å². The fraction of sp³-hybridized carbons (Fsp3) is 0.529. The number of hydrogen-bond donors (Lipinski definition) is 1. The second-order valence-corrected chi connectivity index (χ2v) is 6.36. The van der Waals surface area contributed by atoms with Crippen molar-refractivity contribution in [3.63, 3.8) is 0 Å². The highest BCUT2D eigenvalue weighted by molar-refractivity contribution is 9.10. The van der Waals surface area contributed by atoms with Gasteiger partial charge in [0.05, 0.1) is 12.1 Å². The summed E-state index contributed by atoms with van der Waals surface area (Å²) in [4.78, 5) is 12.6. The fourth-order valence-electron chi connectivity index (χ4n) is 2.54. The molecular weight excluding hydrogens is 328 g/mol. The Morgan fingerprint density at radius 3 is 2.24 bits per heavy atom. The molecule has 1 amide bonds. The third-order valence-electron chi connectivity index (χ3n) is 3.72. The molecule has 1 rings (SSSR count). The van der Waals surface area contributed by atoms with Crippen LogP contribution in [0.5, 0.6) is 0 Å². The van der Waals surface area contributed by atoms with E-state index in [1.165, 1.54) is 0 Å². The third kappa shape index (κ3) is 4.57. The first-order valence-electron chi connectivity index (χ1n) is 7.46. The standard InChI is InChI=1S/C17H23BrN2O/c1-4-10-17(12-19,11-5-2)16(21)20-13(3)14-6-8-15(18)9-7-14/h6-9,13H,4-5,10-11H2,1-3H3,(H,20,21). The fourth-order valence-corrected chi connectivity index (χ4v) is 2.80. The second-order valence-electron chi connectivity index (χ2n) is 5.44. The van der Waals surface area contributed by atoms with Crippen LogP contribution in [0.25, 0.3) is 0 Å². The maximum absolute atomic E-state index is 12.6. The van der Waals surface area contributed by atoms with Gasteiger partial charge in [-0.25, -0.2) is 0 Å². The van der Waals surface area contributed by atoms with Crippen molar-refractivity contribution >= 4 is 21.8 Å². The van der Waals surface area contributed by atoms with E-state index in [0.717, 1.165) is 22.9 Å². The van der Waals surface area contributed by atoms with E-state index in [2.05, 4.69) is 27.3 Å². The minimum absolute atomic E-state index is 0.105. The second kappa shape index (κ2) is 8.19. The van der Waals surface area contributed by atoms with E-state index < -0.39 is 5.41 Å². The molecule has 21 heavy (non-hydrogen) atoms. The lowest BCUT2D eigenvalue weighted by molar-refractivity contribution is -0.129. The van der Waals surface area contributed by atoms with Crippen LogP contribution in [0, 0.1) is 16.7 Å². The smallest absolute Gasteiger partial charge is 0.240 e. The number of hydrogen-bond acceptors (Lipinski definition) is 2. The number of carbonyl (C=O) groups is 1. The highest BCUT2D eigenvalue weighted by Crippen LogP contribution is 2.30. The van der Waals surface area contributed by atoms with Gasteiger partial charge in [0, 0.05) is 4.47 Å². The molecule has 0 fully saturated rings. The Bertz CT molecular complexity index is 499. The number of halogens is 1. The largest absolute Gasteiger partial charge is 0.348 e. The van der Waals surface area contributed by atoms with E-state index in [-0.39, 0.29) is 11.9 Å². The summed E-state index contributed by atoms with van der Waals surface area (Å²) >= 11 is 3.40. The molecule has 0 aliphatic rings. The highest BCUT2D eigenvalue weighted by Gasteiger charge is 2.37. The van der Waals surface area contributed by atoms with Gasteiger partial charge in [-0.15, -0.1) is 0 Å². The number of amides is 1. The van der Waals surface area contributed by atoms with Gasteiger partial charge in [-0.1, -0.05) is 54.8 Å². The summed E-state index contributed by atoms with van der Waals surface area (Å²) in [5.74, 6) is -0.149. The Hall–Kier alpha value is -1.34. The Labute approximate surface area is 135 Å². The zero-order valence-corrected chi connectivity index (χ0v) is 14.5. The van der Waals surface area contributed by atoms with Gasteiger partial charge in [-0.05, 0) is 37.5 Å². The molecule has 1 aromatic rings. The predicted molar refractivity (Wildman–Crippen MR) is 88.6 cm³/mol. The van der Waals surface area contributed by atoms with Crippen LogP contribution in [-0.2, 0) is 4.79 Å². The van der Waals surface area contributed by atoms with Crippen LogP contribution in [-0.4, -0.2) is 5.91 Å². The van der Waals surface area contributed by atoms with Crippen molar-refractivity contribution in [2.75, 3.05) is 0 Å². The predicted octanol–water partition coefficient (Wildman–Crippen LogP) is 4.74. The summed E-state index contributed by atoms with van der Waals surface area (Å²) in [7, 11) is 0. The van der Waals surface area contributed by atoms with E-state index in [4.69, 9.17) is 0 Å². The summed E-state index contributed by atoms with van der Waals surface area (Å²) < 4.78 is 1.01. The van der Waals surface area contributed by atoms with Crippen LogP contribution in [0.1, 0.15) is 58.1 Å². The van der Waals surface area contributed by atoms with Gasteiger partial charge in [0.2, 0.25) is 5.91 Å². The van der Waals surface area contributed by atoms with Gasteiger partial charge in [0.15, 0.2) is 0 Å². The minimum atomic E-state index is -0.896. The number of nitrogens with zero attached hydrogens (tertiary/aromatic N) is 1. The average Bonchev–Trinajstić information content (AvgIpc) is 2.47. The molecule has 0 bridgehead atoms. The van der Waals surface area contributed by atoms with Crippen molar-refractivity contribution in [1.29, 1.82) is 5.26 Å². The summed E-state index contributed by atoms with van der Waals surface area (Å²) in [6.45, 7) is 5.96. The normalized spacial score (nSPS) is 12.5. The molecule has 1 aromatic carbocycles. The molecule has 114 valence electrons. The van der Waals surface area contributed by atoms with Crippen LogP contribution >= 0.6 is 15.9 Å². The Kier molecular flexibility index (Phi) is 6.91. The number of nitriles is 1. The molecule has 1 N–H and O–H groups in total. The molecule has 0 aliphatic carbocycles. The number of rotatable bonds is 7. The third-order valence-corrected chi connectivity index (χ3v) is 4.25. The zero-order valence-electron chi connectivity index (χ0n) is 12.9. The molecule has 0 saturated carbocycles. The summed E-state index contributed by atoms with van der Waals surface area (Å²) in [6, 6.07) is 10.0. The van der Waals surface area contributed by atoms with Crippen LogP contribution in [0.2, 0.25) is 0 Å². The summed E-state index contributed by atoms with van der Waals surface area (Å²) in [6.07, 6.45) is 2.87. The van der Waals surface area contributed by atoms with Gasteiger partial charge in [0.25, 0.3) is 0 Å². The number of carbonyl (C=O) groups excluding carboxylic acids is 1. The first-order valence-corrected chi connectivity index (χ1v) is 8.26. The molecule has 3 nitrogen and oxygen atoms in total. The first-order chi connectivity index (χ1) is 9.99. The number of benzene rings is 1. The van der Waals surface area contributed by atoms with E-state index in [9.17, 15) is 10.1 Å². The van der Waals surface area contributed by atoms with Gasteiger partial charge < -0.3 is 5.32 Å². The van der Waals surface area contributed by atoms with Crippen molar-refractivity contribution in [3.05, 3.63) is 34.3 Å². The Morgan fingerprint density at radius 2 is 1.81 bits per heavy atom. The molecule has 0 aromatic heterocycles. The quantitative estimate of drug-likeness (QED) is 0.772. The lowest BCUT2D eigenvalue weighted by Gasteiger charge is -2.27. The van der Waals surface area contributed by atoms with Crippen molar-refractivity contribution in [2.45, 2.75) is 52.5 Å². The molecule has 0 heterocycles. The summed E-state index contributed by atoms with van der Waals surface area (Å²) in [5.41, 5.74) is 0.138. The lowest BCUT2D eigenvalue weighted by Crippen LogP contribution is -2.41. The Morgan fingerprint density at radius 1 is 1.29 bits per heavy atom. The monoisotopic (exact) mass is 350 g/mol. The first kappa shape index (κ1) is 17.7. The molecule has 1 atom stereocenters. The molecule has 4 heteroatoms. The molecule has 1 unspecified atom stereocenters. The van der Waals surface area contributed by atoms with E-state index in [1.807, 2.05) is 45.0 Å². The number of nitrogens with one attached hydrogen (secondary N) is 1. The van der Waals surface area contributed by atoms with Crippen LogP contribution in [0.4, 0.5) is 0 Å². The molecule has 0 aliphatic heterocycles. The Balaban J connectivity index is 2.86. The minimum Gasteiger partial charge on any atom is -0.348 e. The van der Waals surface area contributed by atoms with Gasteiger partial charge >= 0.3 is 0 Å². The van der Waals surface area contributed by atoms with Crippen molar-refractivity contribution < 1.29 is 4.79 Å². The molecule has 0 spiro atoms. The molecule has 0 radical (unpaired) electrons. The van der Waals surface area contributed by atoms with E-state index in [1.54, 1.807) is 0 Å². The maximum atomic E-state index is 12.6. The van der Waals surface area contributed by atoms with Gasteiger partial charge in [0.1, 0.15) is 5.41 Å². The topological polar surface area (TPSA) is 52.9 Å². The summed E-state index contributed by atoms with van der Waals surface area (Å²) in [5, 5.41) is 12.5. The van der Waals surface area contributed by atoms with Crippen molar-refractivity contribution in [1.82, 2.24) is 5.32 Å². The highest BCUT2D eigenvalue weighted by atomic mass is 79.9. The SMILES string of the molecule is CCCC(C#N)(CCC)C(=O)NC(C)c1ccc(Br)cc1. The van der Waals surface area contributed by atoms with E-state index in [0.29, 0.717) is 12.8 Å². The molecular formula is C17H23BrN2O. The van der Waals surface area contributed by atoms with Crippen molar-refractivity contribution in [3.8, 4) is 6.07 Å². The van der Waals surface area contributed by atoms with E-state index >= 15 is 0 Å².